The number of carbonyl (C=O) groups is 1. The number of hydrogen-bond donors (Lipinski definition) is 1. The Morgan fingerprint density at radius 1 is 1.15 bits per heavy atom. The summed E-state index contributed by atoms with van der Waals surface area (Å²) in [4.78, 5) is 24.2. The van der Waals surface area contributed by atoms with Gasteiger partial charge in [-0.05, 0) is 38.0 Å². The monoisotopic (exact) mass is 375 g/mol. The van der Waals surface area contributed by atoms with Gasteiger partial charge < -0.3 is 5.32 Å². The average molecular weight is 375 g/mol. The van der Waals surface area contributed by atoms with Gasteiger partial charge in [0.15, 0.2) is 5.03 Å². The zero-order valence-electron chi connectivity index (χ0n) is 14.5. The normalized spacial score (nSPS) is 15.1. The minimum absolute atomic E-state index is 0.0937. The van der Waals surface area contributed by atoms with Gasteiger partial charge >= 0.3 is 0 Å². The van der Waals surface area contributed by atoms with Crippen LogP contribution in [0.1, 0.15) is 31.2 Å². The van der Waals surface area contributed by atoms with Gasteiger partial charge in [0.25, 0.3) is 5.56 Å². The number of nitrogens with one attached hydrogen (secondary N) is 1. The molecule has 0 atom stereocenters. The highest BCUT2D eigenvalue weighted by atomic mass is 32.2. The second-order valence-corrected chi connectivity index (χ2v) is 8.43. The summed E-state index contributed by atoms with van der Waals surface area (Å²) in [7, 11) is -3.86. The molecular weight excluding hydrogens is 354 g/mol. The number of benzene rings is 1. The maximum atomic E-state index is 12.7. The Bertz CT molecular complexity index is 959. The molecule has 0 bridgehead atoms. The summed E-state index contributed by atoms with van der Waals surface area (Å²) in [6, 6.07) is 8.79. The number of rotatable bonds is 5. The summed E-state index contributed by atoms with van der Waals surface area (Å²) in [6.45, 7) is 1.56. The van der Waals surface area contributed by atoms with Crippen LogP contribution in [0.3, 0.4) is 0 Å². The van der Waals surface area contributed by atoms with Crippen molar-refractivity contribution in [1.82, 2.24) is 15.1 Å². The summed E-state index contributed by atoms with van der Waals surface area (Å²) in [6.07, 6.45) is 4.01. The number of sulfone groups is 1. The molecule has 138 valence electrons. The van der Waals surface area contributed by atoms with Gasteiger partial charge in [-0.3, -0.25) is 9.59 Å². The fourth-order valence-corrected chi connectivity index (χ4v) is 4.19. The molecule has 26 heavy (non-hydrogen) atoms. The largest absolute Gasteiger partial charge is 0.352 e. The van der Waals surface area contributed by atoms with Crippen LogP contribution in [-0.4, -0.2) is 30.1 Å². The highest BCUT2D eigenvalue weighted by molar-refractivity contribution is 7.91. The molecule has 1 aliphatic rings. The predicted molar refractivity (Wildman–Crippen MR) is 95.5 cm³/mol. The molecule has 1 heterocycles. The molecule has 3 rings (SSSR count). The zero-order valence-corrected chi connectivity index (χ0v) is 15.3. The number of amides is 1. The van der Waals surface area contributed by atoms with Crippen molar-refractivity contribution in [1.29, 1.82) is 0 Å². The molecule has 1 fully saturated rings. The first kappa shape index (κ1) is 18.3. The van der Waals surface area contributed by atoms with Crippen molar-refractivity contribution in [2.75, 3.05) is 0 Å². The van der Waals surface area contributed by atoms with Crippen molar-refractivity contribution in [3.05, 3.63) is 52.3 Å². The zero-order chi connectivity index (χ0) is 18.7. The molecule has 1 saturated carbocycles. The Hall–Kier alpha value is -2.48. The SMILES string of the molecule is Cc1ccc(S(=O)(=O)c2ccc(=O)n(CC(=O)NC3CCCC3)n2)cc1. The van der Waals surface area contributed by atoms with E-state index >= 15 is 0 Å². The summed E-state index contributed by atoms with van der Waals surface area (Å²) in [5, 5.41) is 6.52. The second-order valence-electron chi connectivity index (χ2n) is 6.53. The van der Waals surface area contributed by atoms with E-state index in [-0.39, 0.29) is 28.4 Å². The van der Waals surface area contributed by atoms with Crippen molar-refractivity contribution in [3.63, 3.8) is 0 Å². The molecule has 7 nitrogen and oxygen atoms in total. The topological polar surface area (TPSA) is 98.1 Å². The maximum absolute atomic E-state index is 12.7. The fourth-order valence-electron chi connectivity index (χ4n) is 3.00. The molecule has 0 saturated heterocycles. The lowest BCUT2D eigenvalue weighted by Gasteiger charge is -2.12. The van der Waals surface area contributed by atoms with Crippen LogP contribution < -0.4 is 10.9 Å². The quantitative estimate of drug-likeness (QED) is 0.853. The first-order valence-electron chi connectivity index (χ1n) is 8.55. The first-order chi connectivity index (χ1) is 12.4. The minimum atomic E-state index is -3.86. The lowest BCUT2D eigenvalue weighted by molar-refractivity contribution is -0.122. The summed E-state index contributed by atoms with van der Waals surface area (Å²) < 4.78 is 26.3. The van der Waals surface area contributed by atoms with Crippen LogP contribution in [0.4, 0.5) is 0 Å². The summed E-state index contributed by atoms with van der Waals surface area (Å²) in [5.74, 6) is -0.337. The highest BCUT2D eigenvalue weighted by Crippen LogP contribution is 2.19. The molecule has 2 aromatic rings. The number of aromatic nitrogens is 2. The van der Waals surface area contributed by atoms with Gasteiger partial charge in [-0.15, -0.1) is 0 Å². The van der Waals surface area contributed by atoms with Gasteiger partial charge in [0, 0.05) is 12.1 Å². The molecule has 0 unspecified atom stereocenters. The highest BCUT2D eigenvalue weighted by Gasteiger charge is 2.22. The van der Waals surface area contributed by atoms with E-state index in [9.17, 15) is 18.0 Å². The molecule has 0 spiro atoms. The third-order valence-corrected chi connectivity index (χ3v) is 6.12. The van der Waals surface area contributed by atoms with E-state index in [0.29, 0.717) is 0 Å². The van der Waals surface area contributed by atoms with Crippen molar-refractivity contribution in [3.8, 4) is 0 Å². The molecule has 8 heteroatoms. The Labute approximate surface area is 152 Å². The van der Waals surface area contributed by atoms with E-state index in [2.05, 4.69) is 10.4 Å². The smallest absolute Gasteiger partial charge is 0.267 e. The van der Waals surface area contributed by atoms with Crippen molar-refractivity contribution < 1.29 is 13.2 Å². The van der Waals surface area contributed by atoms with E-state index in [0.717, 1.165) is 42.0 Å². The third-order valence-electron chi connectivity index (χ3n) is 4.46. The van der Waals surface area contributed by atoms with Gasteiger partial charge in [-0.25, -0.2) is 13.1 Å². The molecule has 1 aromatic heterocycles. The van der Waals surface area contributed by atoms with E-state index in [4.69, 9.17) is 0 Å². The Balaban J connectivity index is 1.83. The van der Waals surface area contributed by atoms with Crippen LogP contribution in [0.25, 0.3) is 0 Å². The van der Waals surface area contributed by atoms with E-state index in [1.807, 2.05) is 6.92 Å². The maximum Gasteiger partial charge on any atom is 0.267 e. The van der Waals surface area contributed by atoms with Crippen LogP contribution in [0.2, 0.25) is 0 Å². The van der Waals surface area contributed by atoms with Crippen LogP contribution >= 0.6 is 0 Å². The van der Waals surface area contributed by atoms with Gasteiger partial charge in [0.2, 0.25) is 15.7 Å². The molecule has 1 aliphatic carbocycles. The molecular formula is C18H21N3O4S. The van der Waals surface area contributed by atoms with Gasteiger partial charge in [0.1, 0.15) is 6.54 Å². The Kier molecular flexibility index (Phi) is 5.22. The van der Waals surface area contributed by atoms with E-state index in [1.165, 1.54) is 18.2 Å². The lowest BCUT2D eigenvalue weighted by Crippen LogP contribution is -2.38. The third kappa shape index (κ3) is 4.01. The standard InChI is InChI=1S/C18H21N3O4S/c1-13-6-8-15(9-7-13)26(24,25)17-10-11-18(23)21(20-17)12-16(22)19-14-4-2-3-5-14/h6-11,14H,2-5,12H2,1H3,(H,19,22). The predicted octanol–water partition coefficient (Wildman–Crippen LogP) is 1.44. The molecule has 1 amide bonds. The second kappa shape index (κ2) is 7.41. The summed E-state index contributed by atoms with van der Waals surface area (Å²) >= 11 is 0. The fraction of sp³-hybridized carbons (Fsp3) is 0.389. The number of nitrogens with zero attached hydrogens (tertiary/aromatic N) is 2. The van der Waals surface area contributed by atoms with Crippen LogP contribution in [0.15, 0.2) is 51.1 Å². The van der Waals surface area contributed by atoms with E-state index < -0.39 is 15.4 Å². The van der Waals surface area contributed by atoms with Crippen molar-refractivity contribution >= 4 is 15.7 Å². The minimum Gasteiger partial charge on any atom is -0.352 e. The molecule has 0 radical (unpaired) electrons. The van der Waals surface area contributed by atoms with Crippen LogP contribution in [-0.2, 0) is 21.2 Å². The van der Waals surface area contributed by atoms with Crippen molar-refractivity contribution in [2.24, 2.45) is 0 Å². The van der Waals surface area contributed by atoms with Gasteiger partial charge in [0.05, 0.1) is 4.90 Å². The van der Waals surface area contributed by atoms with E-state index in [1.54, 1.807) is 12.1 Å². The van der Waals surface area contributed by atoms with Gasteiger partial charge in [-0.2, -0.15) is 5.10 Å². The summed E-state index contributed by atoms with van der Waals surface area (Å²) in [5.41, 5.74) is 0.417. The average Bonchev–Trinajstić information content (AvgIpc) is 3.10. The van der Waals surface area contributed by atoms with Crippen molar-refractivity contribution in [2.45, 2.75) is 55.1 Å². The van der Waals surface area contributed by atoms with Gasteiger partial charge in [-0.1, -0.05) is 30.5 Å². The molecule has 0 aliphatic heterocycles. The number of aryl methyl sites for hydroxylation is 1. The Morgan fingerprint density at radius 2 is 1.81 bits per heavy atom. The molecule has 1 aromatic carbocycles. The molecule has 1 N–H and O–H groups in total. The number of carbonyl (C=O) groups excluding carboxylic acids is 1. The number of hydrogen-bond acceptors (Lipinski definition) is 5. The Morgan fingerprint density at radius 3 is 2.46 bits per heavy atom. The van der Waals surface area contributed by atoms with Crippen LogP contribution in [0, 0.1) is 6.92 Å². The van der Waals surface area contributed by atoms with Crippen LogP contribution in [0.5, 0.6) is 0 Å². The lowest BCUT2D eigenvalue weighted by atomic mass is 10.2. The first-order valence-corrected chi connectivity index (χ1v) is 10.0.